The predicted octanol–water partition coefficient (Wildman–Crippen LogP) is 6.47. The standard InChI is InChI=1S/C26H21BrClNO4/c1-2-31-23-16-18(14-20(27)24(23)32-13-12-17-8-4-3-5-9-17)15-22-26(30)33-25(29-22)19-10-6-7-11-21(19)28/h3-11,14-16H,2,12-13H2,1H3/b22-15-. The minimum absolute atomic E-state index is 0.178. The van der Waals surface area contributed by atoms with Crippen molar-refractivity contribution in [1.82, 2.24) is 0 Å². The van der Waals surface area contributed by atoms with E-state index >= 15 is 0 Å². The zero-order chi connectivity index (χ0) is 23.2. The van der Waals surface area contributed by atoms with Gasteiger partial charge in [-0.1, -0.05) is 54.1 Å². The van der Waals surface area contributed by atoms with Gasteiger partial charge in [-0.25, -0.2) is 9.79 Å². The summed E-state index contributed by atoms with van der Waals surface area (Å²) in [7, 11) is 0. The lowest BCUT2D eigenvalue weighted by Crippen LogP contribution is -2.06. The third-order valence-corrected chi connectivity index (χ3v) is 5.76. The molecule has 1 aliphatic heterocycles. The van der Waals surface area contributed by atoms with Crippen LogP contribution in [0.15, 0.2) is 81.9 Å². The second-order valence-corrected chi connectivity index (χ2v) is 8.42. The van der Waals surface area contributed by atoms with E-state index in [1.165, 1.54) is 5.56 Å². The zero-order valence-electron chi connectivity index (χ0n) is 17.9. The van der Waals surface area contributed by atoms with E-state index in [1.54, 1.807) is 30.3 Å². The Morgan fingerprint density at radius 2 is 1.82 bits per heavy atom. The van der Waals surface area contributed by atoms with Gasteiger partial charge in [0.1, 0.15) is 0 Å². The summed E-state index contributed by atoms with van der Waals surface area (Å²) in [6, 6.07) is 20.9. The normalized spacial score (nSPS) is 14.2. The van der Waals surface area contributed by atoms with Gasteiger partial charge in [-0.15, -0.1) is 0 Å². The number of nitrogens with zero attached hydrogens (tertiary/aromatic N) is 1. The van der Waals surface area contributed by atoms with Crippen molar-refractivity contribution in [1.29, 1.82) is 0 Å². The molecule has 0 radical (unpaired) electrons. The maximum Gasteiger partial charge on any atom is 0.363 e. The van der Waals surface area contributed by atoms with E-state index in [9.17, 15) is 4.79 Å². The van der Waals surface area contributed by atoms with Crippen LogP contribution in [0.5, 0.6) is 11.5 Å². The monoisotopic (exact) mass is 525 g/mol. The van der Waals surface area contributed by atoms with E-state index in [0.717, 1.165) is 16.5 Å². The number of ether oxygens (including phenoxy) is 3. The molecule has 0 spiro atoms. The topological polar surface area (TPSA) is 57.1 Å². The van der Waals surface area contributed by atoms with Crippen molar-refractivity contribution < 1.29 is 19.0 Å². The molecule has 3 aromatic carbocycles. The van der Waals surface area contributed by atoms with Crippen LogP contribution in [0.1, 0.15) is 23.6 Å². The molecule has 0 aromatic heterocycles. The number of esters is 1. The molecular weight excluding hydrogens is 506 g/mol. The first-order valence-electron chi connectivity index (χ1n) is 10.5. The number of hydrogen-bond acceptors (Lipinski definition) is 5. The van der Waals surface area contributed by atoms with Gasteiger partial charge >= 0.3 is 5.97 Å². The maximum atomic E-state index is 12.4. The largest absolute Gasteiger partial charge is 0.490 e. The summed E-state index contributed by atoms with van der Waals surface area (Å²) in [5.41, 5.74) is 2.66. The quantitative estimate of drug-likeness (QED) is 0.249. The van der Waals surface area contributed by atoms with E-state index in [4.69, 9.17) is 25.8 Å². The number of hydrogen-bond donors (Lipinski definition) is 0. The Morgan fingerprint density at radius 3 is 2.58 bits per heavy atom. The lowest BCUT2D eigenvalue weighted by atomic mass is 10.1. The van der Waals surface area contributed by atoms with E-state index in [1.807, 2.05) is 37.3 Å². The summed E-state index contributed by atoms with van der Waals surface area (Å²) in [6.45, 7) is 2.88. The molecule has 4 rings (SSSR count). The van der Waals surface area contributed by atoms with Crippen molar-refractivity contribution in [2.24, 2.45) is 4.99 Å². The van der Waals surface area contributed by atoms with Gasteiger partial charge < -0.3 is 14.2 Å². The number of benzene rings is 3. The lowest BCUT2D eigenvalue weighted by molar-refractivity contribution is -0.129. The van der Waals surface area contributed by atoms with Crippen LogP contribution >= 0.6 is 27.5 Å². The van der Waals surface area contributed by atoms with Gasteiger partial charge in [-0.2, -0.15) is 0 Å². The average molecular weight is 527 g/mol. The number of carbonyl (C=O) groups excluding carboxylic acids is 1. The van der Waals surface area contributed by atoms with Gasteiger partial charge in [0.2, 0.25) is 5.90 Å². The summed E-state index contributed by atoms with van der Waals surface area (Å²) in [4.78, 5) is 16.7. The van der Waals surface area contributed by atoms with Crippen LogP contribution in [-0.4, -0.2) is 25.1 Å². The number of halogens is 2. The molecule has 33 heavy (non-hydrogen) atoms. The Labute approximate surface area is 205 Å². The molecule has 0 fully saturated rings. The highest BCUT2D eigenvalue weighted by Gasteiger charge is 2.25. The lowest BCUT2D eigenvalue weighted by Gasteiger charge is -2.15. The van der Waals surface area contributed by atoms with Gasteiger partial charge in [-0.3, -0.25) is 0 Å². The Kier molecular flexibility index (Phi) is 7.47. The molecule has 168 valence electrons. The zero-order valence-corrected chi connectivity index (χ0v) is 20.2. The highest BCUT2D eigenvalue weighted by molar-refractivity contribution is 9.10. The molecule has 0 unspecified atom stereocenters. The molecule has 0 saturated carbocycles. The fourth-order valence-corrected chi connectivity index (χ4v) is 4.10. The van der Waals surface area contributed by atoms with Gasteiger partial charge in [0.25, 0.3) is 0 Å². The molecule has 1 aliphatic rings. The first-order chi connectivity index (χ1) is 16.0. The van der Waals surface area contributed by atoms with Gasteiger partial charge in [0.05, 0.1) is 28.3 Å². The van der Waals surface area contributed by atoms with E-state index < -0.39 is 5.97 Å². The van der Waals surface area contributed by atoms with Gasteiger partial charge in [0.15, 0.2) is 17.2 Å². The van der Waals surface area contributed by atoms with Crippen LogP contribution < -0.4 is 9.47 Å². The van der Waals surface area contributed by atoms with Crippen LogP contribution in [-0.2, 0) is 16.0 Å². The first kappa shape index (κ1) is 23.1. The Bertz CT molecular complexity index is 1220. The second-order valence-electron chi connectivity index (χ2n) is 7.16. The molecule has 0 bridgehead atoms. The molecule has 0 atom stereocenters. The number of carbonyl (C=O) groups is 1. The fourth-order valence-electron chi connectivity index (χ4n) is 3.31. The van der Waals surface area contributed by atoms with Crippen LogP contribution in [0.2, 0.25) is 5.02 Å². The van der Waals surface area contributed by atoms with Crippen molar-refractivity contribution >= 4 is 45.5 Å². The average Bonchev–Trinajstić information content (AvgIpc) is 3.16. The van der Waals surface area contributed by atoms with Crippen LogP contribution in [0, 0.1) is 0 Å². The summed E-state index contributed by atoms with van der Waals surface area (Å²) < 4.78 is 17.9. The van der Waals surface area contributed by atoms with E-state index in [2.05, 4.69) is 33.1 Å². The van der Waals surface area contributed by atoms with Crippen molar-refractivity contribution in [3.8, 4) is 11.5 Å². The minimum Gasteiger partial charge on any atom is -0.490 e. The Morgan fingerprint density at radius 1 is 1.06 bits per heavy atom. The predicted molar refractivity (Wildman–Crippen MR) is 133 cm³/mol. The smallest absolute Gasteiger partial charge is 0.363 e. The summed E-state index contributed by atoms with van der Waals surface area (Å²) in [5, 5.41) is 0.462. The maximum absolute atomic E-state index is 12.4. The summed E-state index contributed by atoms with van der Waals surface area (Å²) in [6.07, 6.45) is 2.42. The molecule has 1 heterocycles. The molecule has 0 saturated heterocycles. The molecular formula is C26H21BrClNO4. The SMILES string of the molecule is CCOc1cc(/C=C2\N=C(c3ccccc3Cl)OC2=O)cc(Br)c1OCCc1ccccc1. The number of rotatable bonds is 8. The number of cyclic esters (lactones) is 1. The third kappa shape index (κ3) is 5.64. The van der Waals surface area contributed by atoms with Crippen molar-refractivity contribution in [2.45, 2.75) is 13.3 Å². The van der Waals surface area contributed by atoms with Crippen LogP contribution in [0.4, 0.5) is 0 Å². The first-order valence-corrected chi connectivity index (χ1v) is 11.6. The number of aliphatic imine (C=N–C) groups is 1. The Balaban J connectivity index is 1.57. The second kappa shape index (κ2) is 10.7. The summed E-state index contributed by atoms with van der Waals surface area (Å²) >= 11 is 9.78. The summed E-state index contributed by atoms with van der Waals surface area (Å²) in [5.74, 6) is 0.835. The van der Waals surface area contributed by atoms with Crippen LogP contribution in [0.3, 0.4) is 0 Å². The van der Waals surface area contributed by atoms with E-state index in [0.29, 0.717) is 35.3 Å². The third-order valence-electron chi connectivity index (χ3n) is 4.84. The molecule has 7 heteroatoms. The van der Waals surface area contributed by atoms with Crippen LogP contribution in [0.25, 0.3) is 6.08 Å². The Hall–Kier alpha value is -3.09. The van der Waals surface area contributed by atoms with Crippen molar-refractivity contribution in [3.05, 3.63) is 98.6 Å². The highest BCUT2D eigenvalue weighted by atomic mass is 79.9. The van der Waals surface area contributed by atoms with Crippen molar-refractivity contribution in [3.63, 3.8) is 0 Å². The van der Waals surface area contributed by atoms with Crippen molar-refractivity contribution in [2.75, 3.05) is 13.2 Å². The van der Waals surface area contributed by atoms with Gasteiger partial charge in [-0.05, 0) is 64.3 Å². The highest BCUT2D eigenvalue weighted by Crippen LogP contribution is 2.38. The molecule has 5 nitrogen and oxygen atoms in total. The molecule has 0 aliphatic carbocycles. The van der Waals surface area contributed by atoms with Gasteiger partial charge in [0, 0.05) is 6.42 Å². The van der Waals surface area contributed by atoms with E-state index in [-0.39, 0.29) is 11.6 Å². The molecule has 0 amide bonds. The minimum atomic E-state index is -0.540. The fraction of sp³-hybridized carbons (Fsp3) is 0.154. The molecule has 0 N–H and O–H groups in total. The molecule has 3 aromatic rings.